The molecule has 1 aliphatic heterocycles. The Kier molecular flexibility index (Phi) is 5.18. The van der Waals surface area contributed by atoms with E-state index in [0.717, 1.165) is 25.2 Å². The normalized spacial score (nSPS) is 13.5. The molecule has 0 spiro atoms. The van der Waals surface area contributed by atoms with E-state index < -0.39 is 0 Å². The first-order valence-electron chi connectivity index (χ1n) is 8.40. The van der Waals surface area contributed by atoms with Gasteiger partial charge in [-0.15, -0.1) is 0 Å². The van der Waals surface area contributed by atoms with E-state index in [1.807, 2.05) is 19.1 Å². The van der Waals surface area contributed by atoms with Gasteiger partial charge in [-0.25, -0.2) is 4.99 Å². The number of rotatable bonds is 4. The average molecular weight is 338 g/mol. The molecule has 6 nitrogen and oxygen atoms in total. The molecule has 2 aromatic rings. The molecule has 0 saturated carbocycles. The maximum Gasteiger partial charge on any atom is 0.246 e. The molecule has 0 saturated heterocycles. The number of phenolic OH excluding ortho intramolecular Hbond substituents is 1. The first-order chi connectivity index (χ1) is 12.2. The van der Waals surface area contributed by atoms with Gasteiger partial charge in [0, 0.05) is 24.5 Å². The molecule has 2 aromatic carbocycles. The van der Waals surface area contributed by atoms with Crippen LogP contribution in [0.3, 0.4) is 0 Å². The molecule has 130 valence electrons. The number of guanidine groups is 1. The highest BCUT2D eigenvalue weighted by Gasteiger charge is 2.22. The molecule has 0 radical (unpaired) electrons. The minimum atomic E-state index is -0.200. The predicted molar refractivity (Wildman–Crippen MR) is 100 cm³/mol. The highest BCUT2D eigenvalue weighted by atomic mass is 16.3. The van der Waals surface area contributed by atoms with Crippen molar-refractivity contribution < 1.29 is 9.90 Å². The summed E-state index contributed by atoms with van der Waals surface area (Å²) in [5.74, 6) is 0.681. The number of aromatic hydroxyl groups is 1. The van der Waals surface area contributed by atoms with E-state index in [2.05, 4.69) is 32.7 Å². The molecular formula is C19H22N4O2. The van der Waals surface area contributed by atoms with Crippen molar-refractivity contribution in [3.8, 4) is 5.75 Å². The standard InChI is InChI=1S/C19H22N4O2/c1-2-20-19(23-12-11-14-5-3-4-6-17(14)23)21-13-18(25)22-15-7-9-16(24)10-8-15/h3-10,24H,2,11-13H2,1H3,(H,20,21)(H,22,25). The molecule has 6 heteroatoms. The van der Waals surface area contributed by atoms with E-state index in [9.17, 15) is 9.90 Å². The zero-order valence-corrected chi connectivity index (χ0v) is 14.2. The van der Waals surface area contributed by atoms with E-state index in [1.54, 1.807) is 12.1 Å². The van der Waals surface area contributed by atoms with Gasteiger partial charge in [0.05, 0.1) is 0 Å². The summed E-state index contributed by atoms with van der Waals surface area (Å²) < 4.78 is 0. The summed E-state index contributed by atoms with van der Waals surface area (Å²) in [4.78, 5) is 18.7. The molecule has 25 heavy (non-hydrogen) atoms. The van der Waals surface area contributed by atoms with Gasteiger partial charge in [-0.3, -0.25) is 4.79 Å². The van der Waals surface area contributed by atoms with Gasteiger partial charge >= 0.3 is 0 Å². The molecule has 3 rings (SSSR count). The number of hydrogen-bond acceptors (Lipinski definition) is 3. The molecule has 0 aliphatic carbocycles. The minimum absolute atomic E-state index is 0.0296. The Bertz CT molecular complexity index is 771. The lowest BCUT2D eigenvalue weighted by Crippen LogP contribution is -2.41. The van der Waals surface area contributed by atoms with E-state index in [1.165, 1.54) is 17.7 Å². The van der Waals surface area contributed by atoms with E-state index in [-0.39, 0.29) is 18.2 Å². The summed E-state index contributed by atoms with van der Waals surface area (Å²) in [6.07, 6.45) is 0.973. The number of fused-ring (bicyclic) bond motifs is 1. The third-order valence-electron chi connectivity index (χ3n) is 4.00. The molecule has 0 aromatic heterocycles. The summed E-state index contributed by atoms with van der Waals surface area (Å²) in [7, 11) is 0. The number of para-hydroxylation sites is 1. The largest absolute Gasteiger partial charge is 0.508 e. The minimum Gasteiger partial charge on any atom is -0.508 e. The van der Waals surface area contributed by atoms with Crippen molar-refractivity contribution in [1.29, 1.82) is 0 Å². The van der Waals surface area contributed by atoms with Crippen LogP contribution in [0.25, 0.3) is 0 Å². The topological polar surface area (TPSA) is 77.0 Å². The maximum absolute atomic E-state index is 12.1. The van der Waals surface area contributed by atoms with Gasteiger partial charge in [-0.1, -0.05) is 18.2 Å². The zero-order valence-electron chi connectivity index (χ0n) is 14.2. The van der Waals surface area contributed by atoms with Crippen LogP contribution in [0, 0.1) is 0 Å². The van der Waals surface area contributed by atoms with Crippen molar-refractivity contribution in [3.63, 3.8) is 0 Å². The summed E-state index contributed by atoms with van der Waals surface area (Å²) in [5.41, 5.74) is 3.07. The monoisotopic (exact) mass is 338 g/mol. The second kappa shape index (κ2) is 7.70. The Balaban J connectivity index is 1.68. The molecular weight excluding hydrogens is 316 g/mol. The van der Waals surface area contributed by atoms with Crippen LogP contribution < -0.4 is 15.5 Å². The summed E-state index contributed by atoms with van der Waals surface area (Å²) >= 11 is 0. The summed E-state index contributed by atoms with van der Waals surface area (Å²) in [6.45, 7) is 3.62. The fourth-order valence-corrected chi connectivity index (χ4v) is 2.85. The Morgan fingerprint density at radius 3 is 2.72 bits per heavy atom. The lowest BCUT2D eigenvalue weighted by atomic mass is 10.2. The van der Waals surface area contributed by atoms with Crippen molar-refractivity contribution in [3.05, 3.63) is 54.1 Å². The third-order valence-corrected chi connectivity index (χ3v) is 4.00. The van der Waals surface area contributed by atoms with Crippen LogP contribution in [0.15, 0.2) is 53.5 Å². The van der Waals surface area contributed by atoms with Gasteiger partial charge < -0.3 is 20.6 Å². The number of anilines is 2. The Labute approximate surface area is 147 Å². The molecule has 1 amide bonds. The number of aliphatic imine (C=N–C) groups is 1. The third kappa shape index (κ3) is 4.09. The SMILES string of the molecule is CCNC(=NCC(=O)Nc1ccc(O)cc1)N1CCc2ccccc21. The van der Waals surface area contributed by atoms with Crippen LogP contribution in [-0.2, 0) is 11.2 Å². The second-order valence-electron chi connectivity index (χ2n) is 5.80. The van der Waals surface area contributed by atoms with Crippen molar-refractivity contribution in [2.75, 3.05) is 29.9 Å². The van der Waals surface area contributed by atoms with E-state index in [0.29, 0.717) is 11.6 Å². The van der Waals surface area contributed by atoms with E-state index >= 15 is 0 Å². The first kappa shape index (κ1) is 16.8. The van der Waals surface area contributed by atoms with Crippen molar-refractivity contribution in [1.82, 2.24) is 5.32 Å². The maximum atomic E-state index is 12.1. The molecule has 0 fully saturated rings. The predicted octanol–water partition coefficient (Wildman–Crippen LogP) is 2.36. The van der Waals surface area contributed by atoms with Crippen LogP contribution in [-0.4, -0.2) is 36.6 Å². The number of nitrogens with one attached hydrogen (secondary N) is 2. The number of carbonyl (C=O) groups excluding carboxylic acids is 1. The smallest absolute Gasteiger partial charge is 0.246 e. The molecule has 0 unspecified atom stereocenters. The first-order valence-corrected chi connectivity index (χ1v) is 8.40. The molecule has 0 atom stereocenters. The number of hydrogen-bond donors (Lipinski definition) is 3. The lowest BCUT2D eigenvalue weighted by Gasteiger charge is -2.22. The van der Waals surface area contributed by atoms with Gasteiger partial charge in [0.1, 0.15) is 12.3 Å². The Morgan fingerprint density at radius 1 is 1.20 bits per heavy atom. The second-order valence-corrected chi connectivity index (χ2v) is 5.80. The molecule has 3 N–H and O–H groups in total. The van der Waals surface area contributed by atoms with Gasteiger partial charge in [-0.2, -0.15) is 0 Å². The van der Waals surface area contributed by atoms with Crippen LogP contribution >= 0.6 is 0 Å². The van der Waals surface area contributed by atoms with Crippen molar-refractivity contribution in [2.24, 2.45) is 4.99 Å². The van der Waals surface area contributed by atoms with Crippen molar-refractivity contribution in [2.45, 2.75) is 13.3 Å². The number of carbonyl (C=O) groups is 1. The number of nitrogens with zero attached hydrogens (tertiary/aromatic N) is 2. The van der Waals surface area contributed by atoms with Crippen molar-refractivity contribution >= 4 is 23.2 Å². The van der Waals surface area contributed by atoms with Crippen LogP contribution in [0.1, 0.15) is 12.5 Å². The fourth-order valence-electron chi connectivity index (χ4n) is 2.85. The Hall–Kier alpha value is -3.02. The van der Waals surface area contributed by atoms with Crippen LogP contribution in [0.2, 0.25) is 0 Å². The van der Waals surface area contributed by atoms with E-state index in [4.69, 9.17) is 0 Å². The zero-order chi connectivity index (χ0) is 17.6. The average Bonchev–Trinajstić information content (AvgIpc) is 3.05. The van der Waals surface area contributed by atoms with Crippen LogP contribution in [0.5, 0.6) is 5.75 Å². The highest BCUT2D eigenvalue weighted by molar-refractivity contribution is 6.00. The summed E-state index contributed by atoms with van der Waals surface area (Å²) in [6, 6.07) is 14.6. The Morgan fingerprint density at radius 2 is 1.96 bits per heavy atom. The van der Waals surface area contributed by atoms with Gasteiger partial charge in [-0.05, 0) is 49.2 Å². The number of phenols is 1. The lowest BCUT2D eigenvalue weighted by molar-refractivity contribution is -0.114. The van der Waals surface area contributed by atoms with Gasteiger partial charge in [0.25, 0.3) is 0 Å². The fraction of sp³-hybridized carbons (Fsp3) is 0.263. The molecule has 0 bridgehead atoms. The van der Waals surface area contributed by atoms with Gasteiger partial charge in [0.15, 0.2) is 5.96 Å². The molecule has 1 aliphatic rings. The van der Waals surface area contributed by atoms with Crippen LogP contribution in [0.4, 0.5) is 11.4 Å². The quantitative estimate of drug-likeness (QED) is 0.454. The van der Waals surface area contributed by atoms with Gasteiger partial charge in [0.2, 0.25) is 5.91 Å². The number of benzene rings is 2. The highest BCUT2D eigenvalue weighted by Crippen LogP contribution is 2.27. The summed E-state index contributed by atoms with van der Waals surface area (Å²) in [5, 5.41) is 15.3. The number of amides is 1. The molecule has 1 heterocycles.